The predicted molar refractivity (Wildman–Crippen MR) is 73.1 cm³/mol. The summed E-state index contributed by atoms with van der Waals surface area (Å²) in [4.78, 5) is 2.36. The highest BCUT2D eigenvalue weighted by Gasteiger charge is 2.21. The Morgan fingerprint density at radius 3 is 2.56 bits per heavy atom. The zero-order chi connectivity index (χ0) is 13.6. The summed E-state index contributed by atoms with van der Waals surface area (Å²) in [5.74, 6) is 0.833. The van der Waals surface area contributed by atoms with E-state index < -0.39 is 10.0 Å². The number of rotatable bonds is 7. The van der Waals surface area contributed by atoms with Crippen molar-refractivity contribution < 1.29 is 13.2 Å². The Labute approximate surface area is 111 Å². The first-order chi connectivity index (χ1) is 8.44. The molecule has 0 spiro atoms. The number of methoxy groups -OCH3 is 1. The first-order valence-electron chi connectivity index (χ1n) is 6.65. The van der Waals surface area contributed by atoms with Crippen LogP contribution in [0, 0.1) is 5.92 Å². The van der Waals surface area contributed by atoms with Gasteiger partial charge < -0.3 is 4.74 Å². The van der Waals surface area contributed by atoms with Gasteiger partial charge in [-0.1, -0.05) is 6.92 Å². The van der Waals surface area contributed by atoms with Gasteiger partial charge in [0, 0.05) is 19.7 Å². The summed E-state index contributed by atoms with van der Waals surface area (Å²) in [6.45, 7) is 7.22. The molecular weight excluding hydrogens is 252 g/mol. The number of sulfonamides is 1. The molecule has 1 unspecified atom stereocenters. The van der Waals surface area contributed by atoms with Crippen molar-refractivity contribution in [1.82, 2.24) is 9.62 Å². The molecule has 0 bridgehead atoms. The Bertz CT molecular complexity index is 324. The lowest BCUT2D eigenvalue weighted by Crippen LogP contribution is -2.46. The highest BCUT2D eigenvalue weighted by atomic mass is 32.2. The second kappa shape index (κ2) is 7.43. The van der Waals surface area contributed by atoms with Crippen LogP contribution in [-0.4, -0.2) is 58.5 Å². The molecule has 18 heavy (non-hydrogen) atoms. The fourth-order valence-corrected chi connectivity index (χ4v) is 3.14. The number of nitrogens with one attached hydrogen (secondary N) is 1. The first-order valence-corrected chi connectivity index (χ1v) is 8.30. The van der Waals surface area contributed by atoms with Crippen LogP contribution in [0.15, 0.2) is 0 Å². The van der Waals surface area contributed by atoms with Gasteiger partial charge >= 0.3 is 0 Å². The van der Waals surface area contributed by atoms with E-state index >= 15 is 0 Å². The Kier molecular flexibility index (Phi) is 6.55. The molecule has 0 aromatic heterocycles. The van der Waals surface area contributed by atoms with Crippen LogP contribution in [0.1, 0.15) is 26.7 Å². The van der Waals surface area contributed by atoms with E-state index in [9.17, 15) is 8.42 Å². The van der Waals surface area contributed by atoms with E-state index in [0.29, 0.717) is 6.54 Å². The summed E-state index contributed by atoms with van der Waals surface area (Å²) in [7, 11) is -1.68. The lowest BCUT2D eigenvalue weighted by atomic mass is 9.98. The standard InChI is InChI=1S/C12H26N2O3S/c1-11-4-6-14(7-5-11)12(2)10-13-18(15,16)9-8-17-3/h11-13H,4-10H2,1-3H3. The molecule has 1 aliphatic heterocycles. The van der Waals surface area contributed by atoms with Crippen molar-refractivity contribution in [3.05, 3.63) is 0 Å². The molecule has 0 aromatic rings. The molecule has 0 aliphatic carbocycles. The van der Waals surface area contributed by atoms with Crippen molar-refractivity contribution in [2.24, 2.45) is 5.92 Å². The molecule has 0 saturated carbocycles. The SMILES string of the molecule is COCCS(=O)(=O)NCC(C)N1CCC(C)CC1. The third kappa shape index (κ3) is 5.65. The Morgan fingerprint density at radius 2 is 2.00 bits per heavy atom. The molecule has 1 heterocycles. The zero-order valence-corrected chi connectivity index (χ0v) is 12.5. The normalized spacial score (nSPS) is 21.1. The van der Waals surface area contributed by atoms with Crippen LogP contribution in [0.2, 0.25) is 0 Å². The molecule has 108 valence electrons. The molecule has 6 heteroatoms. The van der Waals surface area contributed by atoms with E-state index in [2.05, 4.69) is 23.5 Å². The number of piperidine rings is 1. The van der Waals surface area contributed by atoms with Crippen molar-refractivity contribution in [1.29, 1.82) is 0 Å². The van der Waals surface area contributed by atoms with Gasteiger partial charge in [-0.05, 0) is 38.8 Å². The van der Waals surface area contributed by atoms with Crippen LogP contribution in [-0.2, 0) is 14.8 Å². The summed E-state index contributed by atoms with van der Waals surface area (Å²) in [5.41, 5.74) is 0. The Balaban J connectivity index is 2.30. The van der Waals surface area contributed by atoms with Gasteiger partial charge in [0.15, 0.2) is 0 Å². The van der Waals surface area contributed by atoms with Gasteiger partial charge in [-0.3, -0.25) is 4.90 Å². The molecule has 0 radical (unpaired) electrons. The second-order valence-electron chi connectivity index (χ2n) is 5.23. The van der Waals surface area contributed by atoms with Crippen molar-refractivity contribution in [2.75, 3.05) is 39.1 Å². The van der Waals surface area contributed by atoms with Crippen LogP contribution in [0.5, 0.6) is 0 Å². The maximum Gasteiger partial charge on any atom is 0.213 e. The molecule has 1 rings (SSSR count). The van der Waals surface area contributed by atoms with E-state index in [1.807, 2.05) is 0 Å². The van der Waals surface area contributed by atoms with Crippen LogP contribution in [0.25, 0.3) is 0 Å². The summed E-state index contributed by atoms with van der Waals surface area (Å²) in [6, 6.07) is 0.259. The number of nitrogens with zero attached hydrogens (tertiary/aromatic N) is 1. The van der Waals surface area contributed by atoms with Gasteiger partial charge in [0.25, 0.3) is 0 Å². The van der Waals surface area contributed by atoms with Gasteiger partial charge in [-0.25, -0.2) is 13.1 Å². The number of ether oxygens (including phenoxy) is 1. The van der Waals surface area contributed by atoms with E-state index in [4.69, 9.17) is 4.74 Å². The predicted octanol–water partition coefficient (Wildman–Crippen LogP) is 0.673. The monoisotopic (exact) mass is 278 g/mol. The van der Waals surface area contributed by atoms with Gasteiger partial charge in [-0.15, -0.1) is 0 Å². The molecule has 5 nitrogen and oxygen atoms in total. The number of hydrogen-bond acceptors (Lipinski definition) is 4. The summed E-state index contributed by atoms with van der Waals surface area (Å²) >= 11 is 0. The van der Waals surface area contributed by atoms with Gasteiger partial charge in [0.1, 0.15) is 0 Å². The number of likely N-dealkylation sites (tertiary alicyclic amines) is 1. The van der Waals surface area contributed by atoms with Crippen molar-refractivity contribution in [2.45, 2.75) is 32.7 Å². The summed E-state index contributed by atoms with van der Waals surface area (Å²) in [5, 5.41) is 0. The molecule has 1 fully saturated rings. The fraction of sp³-hybridized carbons (Fsp3) is 1.00. The van der Waals surface area contributed by atoms with Crippen molar-refractivity contribution in [3.8, 4) is 0 Å². The van der Waals surface area contributed by atoms with Crippen LogP contribution in [0.4, 0.5) is 0 Å². The maximum absolute atomic E-state index is 11.6. The van der Waals surface area contributed by atoms with Crippen LogP contribution < -0.4 is 4.72 Å². The van der Waals surface area contributed by atoms with E-state index in [1.54, 1.807) is 0 Å². The largest absolute Gasteiger partial charge is 0.384 e. The lowest BCUT2D eigenvalue weighted by Gasteiger charge is -2.34. The topological polar surface area (TPSA) is 58.6 Å². The molecule has 1 saturated heterocycles. The smallest absolute Gasteiger partial charge is 0.213 e. The van der Waals surface area contributed by atoms with Gasteiger partial charge in [0.2, 0.25) is 10.0 Å². The zero-order valence-electron chi connectivity index (χ0n) is 11.7. The lowest BCUT2D eigenvalue weighted by molar-refractivity contribution is 0.148. The molecule has 0 aromatic carbocycles. The van der Waals surface area contributed by atoms with Crippen LogP contribution in [0.3, 0.4) is 0 Å². The summed E-state index contributed by atoms with van der Waals surface area (Å²) in [6.07, 6.45) is 2.42. The second-order valence-corrected chi connectivity index (χ2v) is 7.15. The minimum absolute atomic E-state index is 0.0350. The first kappa shape index (κ1) is 15.9. The van der Waals surface area contributed by atoms with E-state index in [0.717, 1.165) is 19.0 Å². The Morgan fingerprint density at radius 1 is 1.39 bits per heavy atom. The molecule has 0 amide bonds. The van der Waals surface area contributed by atoms with Gasteiger partial charge in [-0.2, -0.15) is 0 Å². The average molecular weight is 278 g/mol. The summed E-state index contributed by atoms with van der Waals surface area (Å²) < 4.78 is 30.7. The molecular formula is C12H26N2O3S. The van der Waals surface area contributed by atoms with Crippen molar-refractivity contribution in [3.63, 3.8) is 0 Å². The molecule has 1 aliphatic rings. The van der Waals surface area contributed by atoms with Crippen LogP contribution >= 0.6 is 0 Å². The average Bonchev–Trinajstić information content (AvgIpc) is 2.35. The minimum Gasteiger partial charge on any atom is -0.384 e. The van der Waals surface area contributed by atoms with E-state index in [-0.39, 0.29) is 18.4 Å². The molecule has 1 atom stereocenters. The molecule has 1 N–H and O–H groups in total. The van der Waals surface area contributed by atoms with Crippen molar-refractivity contribution >= 4 is 10.0 Å². The highest BCUT2D eigenvalue weighted by Crippen LogP contribution is 2.17. The third-order valence-electron chi connectivity index (χ3n) is 3.60. The quantitative estimate of drug-likeness (QED) is 0.744. The number of hydrogen-bond donors (Lipinski definition) is 1. The Hall–Kier alpha value is -0.170. The van der Waals surface area contributed by atoms with E-state index in [1.165, 1.54) is 20.0 Å². The highest BCUT2D eigenvalue weighted by molar-refractivity contribution is 7.89. The minimum atomic E-state index is -3.19. The van der Waals surface area contributed by atoms with Gasteiger partial charge in [0.05, 0.1) is 12.4 Å². The maximum atomic E-state index is 11.6. The third-order valence-corrected chi connectivity index (χ3v) is 4.91. The fourth-order valence-electron chi connectivity index (χ4n) is 2.11.